The van der Waals surface area contributed by atoms with E-state index in [1.807, 2.05) is 0 Å². The summed E-state index contributed by atoms with van der Waals surface area (Å²) in [6.07, 6.45) is -0.488. The van der Waals surface area contributed by atoms with Crippen LogP contribution in [0.15, 0.2) is 36.8 Å². The second-order valence-electron chi connectivity index (χ2n) is 6.44. The van der Waals surface area contributed by atoms with E-state index >= 15 is 0 Å². The minimum Gasteiger partial charge on any atom is -0.393 e. The first-order valence-corrected chi connectivity index (χ1v) is 8.20. The van der Waals surface area contributed by atoms with Crippen LogP contribution in [-0.2, 0) is 12.6 Å². The van der Waals surface area contributed by atoms with E-state index in [4.69, 9.17) is 5.73 Å². The van der Waals surface area contributed by atoms with Crippen molar-refractivity contribution in [3.8, 4) is 22.5 Å². The number of rotatable bonds is 4. The van der Waals surface area contributed by atoms with Crippen LogP contribution in [0.2, 0.25) is 0 Å². The Kier molecular flexibility index (Phi) is 4.86. The van der Waals surface area contributed by atoms with Crippen LogP contribution in [0.25, 0.3) is 22.5 Å². The van der Waals surface area contributed by atoms with Gasteiger partial charge in [-0.3, -0.25) is 4.68 Å². The number of benzene rings is 1. The molecule has 0 unspecified atom stereocenters. The molecule has 0 saturated carbocycles. The van der Waals surface area contributed by atoms with E-state index in [0.717, 1.165) is 12.1 Å². The molecule has 148 valence electrons. The molecule has 0 spiro atoms. The maximum atomic E-state index is 13.3. The first kappa shape index (κ1) is 19.8. The van der Waals surface area contributed by atoms with Crippen molar-refractivity contribution < 1.29 is 23.4 Å². The summed E-state index contributed by atoms with van der Waals surface area (Å²) in [6.45, 7) is 0.180. The van der Waals surface area contributed by atoms with Crippen LogP contribution in [0.5, 0.6) is 0 Å². The Morgan fingerprint density at radius 2 is 1.93 bits per heavy atom. The summed E-state index contributed by atoms with van der Waals surface area (Å²) >= 11 is 0. The number of hydrogen-bond donors (Lipinski definition) is 3. The molecule has 1 aromatic carbocycles. The summed E-state index contributed by atoms with van der Waals surface area (Å²) in [5.74, 6) is 0.146. The Morgan fingerprint density at radius 3 is 2.50 bits per heavy atom. The van der Waals surface area contributed by atoms with Gasteiger partial charge in [0.2, 0.25) is 5.60 Å². The second-order valence-corrected chi connectivity index (χ2v) is 6.44. The number of alkyl halides is 3. The molecule has 3 rings (SSSR count). The van der Waals surface area contributed by atoms with Crippen molar-refractivity contribution in [3.63, 3.8) is 0 Å². The zero-order valence-electron chi connectivity index (χ0n) is 15.1. The Bertz CT molecular complexity index is 1020. The minimum atomic E-state index is -5.05. The van der Waals surface area contributed by atoms with Crippen molar-refractivity contribution in [2.45, 2.75) is 18.7 Å². The molecule has 28 heavy (non-hydrogen) atoms. The fourth-order valence-electron chi connectivity index (χ4n) is 2.78. The first-order chi connectivity index (χ1) is 13.1. The quantitative estimate of drug-likeness (QED) is 0.627. The van der Waals surface area contributed by atoms with Gasteiger partial charge in [0, 0.05) is 24.4 Å². The maximum absolute atomic E-state index is 13.3. The molecule has 7 nitrogen and oxygen atoms in total. The van der Waals surface area contributed by atoms with Crippen LogP contribution in [0.3, 0.4) is 0 Å². The lowest BCUT2D eigenvalue weighted by Gasteiger charge is -2.29. The molecule has 0 aliphatic heterocycles. The molecular formula is C18H18F3N5O2. The molecule has 10 heteroatoms. The standard InChI is InChI=1S/C18H18F3N5O2/c1-10-3-4-12(17(28,9-27)18(19,20)21)5-13(10)14-7-23-16(22)15(25-14)11-6-24-26(2)8-11/h3-8,27-28H,9H2,1-2H3,(H2,22,23)/t17-/m1/s1. The summed E-state index contributed by atoms with van der Waals surface area (Å²) in [5, 5.41) is 23.3. The van der Waals surface area contributed by atoms with E-state index in [-0.39, 0.29) is 11.5 Å². The highest BCUT2D eigenvalue weighted by Gasteiger charge is 2.54. The number of aliphatic hydroxyl groups is 2. The highest BCUT2D eigenvalue weighted by atomic mass is 19.4. The summed E-state index contributed by atoms with van der Waals surface area (Å²) in [5.41, 5.74) is 4.16. The fourth-order valence-corrected chi connectivity index (χ4v) is 2.78. The van der Waals surface area contributed by atoms with Crippen LogP contribution in [-0.4, -0.2) is 42.7 Å². The van der Waals surface area contributed by atoms with Crippen molar-refractivity contribution >= 4 is 5.82 Å². The van der Waals surface area contributed by atoms with Crippen LogP contribution >= 0.6 is 0 Å². The normalized spacial score (nSPS) is 14.1. The summed E-state index contributed by atoms with van der Waals surface area (Å²) in [4.78, 5) is 8.52. The number of nitrogens with two attached hydrogens (primary N) is 1. The predicted molar refractivity (Wildman–Crippen MR) is 95.9 cm³/mol. The Balaban J connectivity index is 2.15. The van der Waals surface area contributed by atoms with Gasteiger partial charge >= 0.3 is 6.18 Å². The molecule has 2 aromatic heterocycles. The van der Waals surface area contributed by atoms with Crippen molar-refractivity contribution in [1.29, 1.82) is 0 Å². The third kappa shape index (κ3) is 3.32. The Labute approximate surface area is 158 Å². The zero-order valence-corrected chi connectivity index (χ0v) is 15.1. The lowest BCUT2D eigenvalue weighted by Crippen LogP contribution is -2.45. The molecule has 0 aliphatic rings. The van der Waals surface area contributed by atoms with Gasteiger partial charge in [-0.2, -0.15) is 18.3 Å². The molecule has 3 aromatic rings. The van der Waals surface area contributed by atoms with E-state index in [1.165, 1.54) is 12.3 Å². The minimum absolute atomic E-state index is 0.146. The van der Waals surface area contributed by atoms with E-state index in [0.29, 0.717) is 22.4 Å². The van der Waals surface area contributed by atoms with Crippen LogP contribution in [0, 0.1) is 6.92 Å². The molecule has 1 atom stereocenters. The number of nitrogens with zero attached hydrogens (tertiary/aromatic N) is 4. The van der Waals surface area contributed by atoms with E-state index in [2.05, 4.69) is 15.1 Å². The highest BCUT2D eigenvalue weighted by Crippen LogP contribution is 2.40. The predicted octanol–water partition coefficient (Wildman–Crippen LogP) is 2.18. The number of aromatic nitrogens is 4. The fraction of sp³-hybridized carbons (Fsp3) is 0.278. The summed E-state index contributed by atoms with van der Waals surface area (Å²) < 4.78 is 41.5. The van der Waals surface area contributed by atoms with Crippen LogP contribution in [0.4, 0.5) is 19.0 Å². The third-order valence-corrected chi connectivity index (χ3v) is 4.47. The summed E-state index contributed by atoms with van der Waals surface area (Å²) in [6, 6.07) is 3.68. The Hall–Kier alpha value is -2.98. The topological polar surface area (TPSA) is 110 Å². The number of anilines is 1. The van der Waals surface area contributed by atoms with Gasteiger partial charge in [0.05, 0.1) is 24.7 Å². The number of halogens is 3. The summed E-state index contributed by atoms with van der Waals surface area (Å²) in [7, 11) is 1.72. The smallest absolute Gasteiger partial charge is 0.393 e. The SMILES string of the molecule is Cc1ccc([C@](O)(CO)C(F)(F)F)cc1-c1cnc(N)c(-c2cnn(C)c2)n1. The van der Waals surface area contributed by atoms with Gasteiger partial charge in [-0.05, 0) is 24.1 Å². The average molecular weight is 393 g/mol. The molecular weight excluding hydrogens is 375 g/mol. The van der Waals surface area contributed by atoms with E-state index in [1.54, 1.807) is 31.0 Å². The van der Waals surface area contributed by atoms with Crippen molar-refractivity contribution in [2.75, 3.05) is 12.3 Å². The monoisotopic (exact) mass is 393 g/mol. The largest absolute Gasteiger partial charge is 0.423 e. The first-order valence-electron chi connectivity index (χ1n) is 8.20. The number of aryl methyl sites for hydroxylation is 2. The lowest BCUT2D eigenvalue weighted by molar-refractivity contribution is -0.277. The zero-order chi connectivity index (χ0) is 20.7. The van der Waals surface area contributed by atoms with E-state index < -0.39 is 23.9 Å². The highest BCUT2D eigenvalue weighted by molar-refractivity contribution is 5.73. The Morgan fingerprint density at radius 1 is 1.21 bits per heavy atom. The van der Waals surface area contributed by atoms with Gasteiger partial charge in [-0.15, -0.1) is 0 Å². The van der Waals surface area contributed by atoms with Gasteiger partial charge in [0.1, 0.15) is 11.5 Å². The van der Waals surface area contributed by atoms with Gasteiger partial charge in [-0.25, -0.2) is 9.97 Å². The van der Waals surface area contributed by atoms with Gasteiger partial charge in [-0.1, -0.05) is 12.1 Å². The average Bonchev–Trinajstić information content (AvgIpc) is 3.07. The van der Waals surface area contributed by atoms with Crippen molar-refractivity contribution in [2.24, 2.45) is 7.05 Å². The van der Waals surface area contributed by atoms with Crippen molar-refractivity contribution in [3.05, 3.63) is 47.9 Å². The van der Waals surface area contributed by atoms with Gasteiger partial charge < -0.3 is 15.9 Å². The molecule has 4 N–H and O–H groups in total. The van der Waals surface area contributed by atoms with Gasteiger partial charge in [0.15, 0.2) is 0 Å². The molecule has 0 saturated heterocycles. The molecule has 0 bridgehead atoms. The molecule has 0 fully saturated rings. The number of hydrogen-bond acceptors (Lipinski definition) is 6. The van der Waals surface area contributed by atoms with E-state index in [9.17, 15) is 23.4 Å². The molecule has 0 radical (unpaired) electrons. The number of aliphatic hydroxyl groups excluding tert-OH is 1. The lowest BCUT2D eigenvalue weighted by atomic mass is 9.90. The van der Waals surface area contributed by atoms with Crippen LogP contribution < -0.4 is 5.73 Å². The van der Waals surface area contributed by atoms with Crippen molar-refractivity contribution in [1.82, 2.24) is 19.7 Å². The number of nitrogen functional groups attached to an aromatic ring is 1. The second kappa shape index (κ2) is 6.88. The molecule has 0 amide bonds. The van der Waals surface area contributed by atoms with Crippen LogP contribution in [0.1, 0.15) is 11.1 Å². The maximum Gasteiger partial charge on any atom is 0.423 e. The molecule has 0 aliphatic carbocycles. The third-order valence-electron chi connectivity index (χ3n) is 4.47. The van der Waals surface area contributed by atoms with Gasteiger partial charge in [0.25, 0.3) is 0 Å². The molecule has 2 heterocycles.